The average molecular weight is 366 g/mol. The number of benzene rings is 1. The molecule has 0 aromatic heterocycles. The van der Waals surface area contributed by atoms with Gasteiger partial charge >= 0.3 is 11.4 Å². The largest absolute Gasteiger partial charge is 0.489 e. The second kappa shape index (κ2) is 9.86. The number of ether oxygens (including phenoxy) is 2. The average Bonchev–Trinajstić information content (AvgIpc) is 2.54. The molecule has 8 heteroatoms. The Bertz CT molecular complexity index is 670. The van der Waals surface area contributed by atoms with Gasteiger partial charge in [-0.05, 0) is 59.1 Å². The molecular weight excluding hydrogens is 340 g/mol. The summed E-state index contributed by atoms with van der Waals surface area (Å²) in [5.74, 6) is 0.226. The molecule has 0 aliphatic heterocycles. The number of nitro benzene ring substituents is 2. The summed E-state index contributed by atoms with van der Waals surface area (Å²) >= 11 is 0. The summed E-state index contributed by atoms with van der Waals surface area (Å²) in [7, 11) is 0. The Labute approximate surface area is 153 Å². The van der Waals surface area contributed by atoms with Gasteiger partial charge < -0.3 is 9.47 Å². The molecule has 0 radical (unpaired) electrons. The van der Waals surface area contributed by atoms with Gasteiger partial charge in [-0.3, -0.25) is 20.2 Å². The highest BCUT2D eigenvalue weighted by molar-refractivity contribution is 5.55. The normalized spacial score (nSPS) is 12.1. The van der Waals surface area contributed by atoms with Gasteiger partial charge in [-0.15, -0.1) is 0 Å². The Morgan fingerprint density at radius 2 is 1.85 bits per heavy atom. The minimum Gasteiger partial charge on any atom is -0.489 e. The van der Waals surface area contributed by atoms with Crippen LogP contribution in [0.25, 0.3) is 0 Å². The second-order valence-corrected chi connectivity index (χ2v) is 6.57. The standard InChI is InChI=1S/C18H26N2O6/c1-5-26-18(3,4)11-6-7-14(2)10-12-25-15-8-9-16(19(21)22)17(13-15)20(23)24/h8-10,13H,5-7,11-12H2,1-4H3. The van der Waals surface area contributed by atoms with Gasteiger partial charge in [-0.25, -0.2) is 0 Å². The lowest BCUT2D eigenvalue weighted by atomic mass is 9.99. The van der Waals surface area contributed by atoms with Gasteiger partial charge in [0, 0.05) is 12.7 Å². The van der Waals surface area contributed by atoms with Crippen molar-refractivity contribution in [1.82, 2.24) is 0 Å². The molecule has 0 saturated carbocycles. The Morgan fingerprint density at radius 3 is 2.42 bits per heavy atom. The van der Waals surface area contributed by atoms with E-state index in [0.29, 0.717) is 6.61 Å². The van der Waals surface area contributed by atoms with E-state index >= 15 is 0 Å². The summed E-state index contributed by atoms with van der Waals surface area (Å²) in [5.41, 5.74) is -0.116. The summed E-state index contributed by atoms with van der Waals surface area (Å²) in [6.07, 6.45) is 4.74. The van der Waals surface area contributed by atoms with Crippen LogP contribution in [0, 0.1) is 20.2 Å². The van der Waals surface area contributed by atoms with Crippen molar-refractivity contribution in [2.45, 2.75) is 52.6 Å². The van der Waals surface area contributed by atoms with E-state index in [2.05, 4.69) is 13.8 Å². The zero-order valence-corrected chi connectivity index (χ0v) is 15.7. The van der Waals surface area contributed by atoms with Crippen LogP contribution >= 0.6 is 0 Å². The number of nitrogens with zero attached hydrogens (tertiary/aromatic N) is 2. The molecule has 1 aromatic carbocycles. The maximum Gasteiger partial charge on any atom is 0.349 e. The molecule has 1 aromatic rings. The lowest BCUT2D eigenvalue weighted by Gasteiger charge is -2.24. The third kappa shape index (κ3) is 7.18. The Morgan fingerprint density at radius 1 is 1.19 bits per heavy atom. The van der Waals surface area contributed by atoms with Crippen LogP contribution < -0.4 is 4.74 Å². The number of hydrogen-bond acceptors (Lipinski definition) is 6. The fourth-order valence-electron chi connectivity index (χ4n) is 2.53. The molecule has 1 rings (SSSR count). The van der Waals surface area contributed by atoms with Crippen molar-refractivity contribution in [1.29, 1.82) is 0 Å². The van der Waals surface area contributed by atoms with Crippen molar-refractivity contribution < 1.29 is 19.3 Å². The highest BCUT2D eigenvalue weighted by atomic mass is 16.6. The molecule has 0 unspecified atom stereocenters. The lowest BCUT2D eigenvalue weighted by Crippen LogP contribution is -2.24. The first-order valence-electron chi connectivity index (χ1n) is 8.51. The van der Waals surface area contributed by atoms with Gasteiger partial charge in [0.15, 0.2) is 0 Å². The summed E-state index contributed by atoms with van der Waals surface area (Å²) in [5, 5.41) is 21.7. The van der Waals surface area contributed by atoms with Crippen molar-refractivity contribution in [3.63, 3.8) is 0 Å². The van der Waals surface area contributed by atoms with Crippen LogP contribution in [0.15, 0.2) is 29.8 Å². The number of nitro groups is 2. The van der Waals surface area contributed by atoms with Crippen LogP contribution in [-0.4, -0.2) is 28.7 Å². The predicted octanol–water partition coefficient (Wildman–Crippen LogP) is 4.81. The molecule has 0 fully saturated rings. The second-order valence-electron chi connectivity index (χ2n) is 6.57. The first kappa shape index (κ1) is 21.6. The van der Waals surface area contributed by atoms with E-state index in [4.69, 9.17) is 9.47 Å². The van der Waals surface area contributed by atoms with Crippen molar-refractivity contribution >= 4 is 11.4 Å². The van der Waals surface area contributed by atoms with Gasteiger partial charge in [0.25, 0.3) is 0 Å². The van der Waals surface area contributed by atoms with Crippen molar-refractivity contribution in [2.75, 3.05) is 13.2 Å². The molecule has 0 aliphatic carbocycles. The molecule has 26 heavy (non-hydrogen) atoms. The molecule has 0 heterocycles. The third-order valence-corrected chi connectivity index (χ3v) is 3.91. The third-order valence-electron chi connectivity index (χ3n) is 3.91. The van der Waals surface area contributed by atoms with Crippen LogP contribution in [0.3, 0.4) is 0 Å². The highest BCUT2D eigenvalue weighted by Gasteiger charge is 2.24. The first-order chi connectivity index (χ1) is 12.2. The van der Waals surface area contributed by atoms with Crippen LogP contribution in [0.4, 0.5) is 11.4 Å². The molecule has 0 bridgehead atoms. The van der Waals surface area contributed by atoms with Gasteiger partial charge in [0.1, 0.15) is 12.4 Å². The van der Waals surface area contributed by atoms with E-state index in [1.807, 2.05) is 19.9 Å². The number of rotatable bonds is 11. The minimum atomic E-state index is -0.786. The quantitative estimate of drug-likeness (QED) is 0.316. The van der Waals surface area contributed by atoms with Crippen molar-refractivity contribution in [3.8, 4) is 5.75 Å². The minimum absolute atomic E-state index is 0.136. The number of allylic oxidation sites excluding steroid dienone is 1. The molecule has 0 saturated heterocycles. The molecule has 0 N–H and O–H groups in total. The fourth-order valence-corrected chi connectivity index (χ4v) is 2.53. The van der Waals surface area contributed by atoms with Gasteiger partial charge in [0.05, 0.1) is 21.5 Å². The lowest BCUT2D eigenvalue weighted by molar-refractivity contribution is -0.422. The monoisotopic (exact) mass is 366 g/mol. The zero-order valence-electron chi connectivity index (χ0n) is 15.7. The van der Waals surface area contributed by atoms with Crippen LogP contribution in [0.1, 0.15) is 47.0 Å². The molecule has 144 valence electrons. The van der Waals surface area contributed by atoms with Gasteiger partial charge in [0.2, 0.25) is 0 Å². The van der Waals surface area contributed by atoms with E-state index in [-0.39, 0.29) is 18.0 Å². The van der Waals surface area contributed by atoms with E-state index in [1.165, 1.54) is 6.07 Å². The molecule has 0 aliphatic rings. The highest BCUT2D eigenvalue weighted by Crippen LogP contribution is 2.30. The summed E-state index contributed by atoms with van der Waals surface area (Å²) in [4.78, 5) is 20.2. The van der Waals surface area contributed by atoms with E-state index in [0.717, 1.165) is 37.0 Å². The Balaban J connectivity index is 2.56. The Kier molecular flexibility index (Phi) is 8.18. The Hall–Kier alpha value is -2.48. The summed E-state index contributed by atoms with van der Waals surface area (Å²) in [6, 6.07) is 3.52. The van der Waals surface area contributed by atoms with Gasteiger partial charge in [-0.1, -0.05) is 5.57 Å². The van der Waals surface area contributed by atoms with E-state index in [1.54, 1.807) is 0 Å². The van der Waals surface area contributed by atoms with Gasteiger partial charge in [-0.2, -0.15) is 0 Å². The molecule has 8 nitrogen and oxygen atoms in total. The summed E-state index contributed by atoms with van der Waals surface area (Å²) in [6.45, 7) is 9.05. The molecule has 0 atom stereocenters. The van der Waals surface area contributed by atoms with E-state index in [9.17, 15) is 20.2 Å². The summed E-state index contributed by atoms with van der Waals surface area (Å²) < 4.78 is 11.1. The van der Waals surface area contributed by atoms with E-state index < -0.39 is 21.2 Å². The predicted molar refractivity (Wildman–Crippen MR) is 98.6 cm³/mol. The van der Waals surface area contributed by atoms with Crippen molar-refractivity contribution in [2.24, 2.45) is 0 Å². The molecular formula is C18H26N2O6. The first-order valence-corrected chi connectivity index (χ1v) is 8.51. The maximum absolute atomic E-state index is 10.9. The SMILES string of the molecule is CCOC(C)(C)CCCC(C)=CCOc1ccc([N+](=O)[O-])c([N+](=O)[O-])c1. The molecule has 0 spiro atoms. The van der Waals surface area contributed by atoms with Crippen LogP contribution in [0.5, 0.6) is 5.75 Å². The fraction of sp³-hybridized carbons (Fsp3) is 0.556. The van der Waals surface area contributed by atoms with Crippen LogP contribution in [-0.2, 0) is 4.74 Å². The number of hydrogen-bond donors (Lipinski definition) is 0. The smallest absolute Gasteiger partial charge is 0.349 e. The molecule has 0 amide bonds. The van der Waals surface area contributed by atoms with Crippen LogP contribution in [0.2, 0.25) is 0 Å². The maximum atomic E-state index is 10.9. The zero-order chi connectivity index (χ0) is 19.7. The van der Waals surface area contributed by atoms with Crippen molar-refractivity contribution in [3.05, 3.63) is 50.1 Å². The topological polar surface area (TPSA) is 105 Å².